The van der Waals surface area contributed by atoms with Gasteiger partial charge in [-0.25, -0.2) is 13.4 Å². The standard InChI is InChI=1S/C22H30Cl2N6O5S/c1-2-35-19(31)13-30(14-5-3-6-14)21(32)18(7-4-8-26-22-27-9-10-28-22)29-36(33,34)15-11-16(23)20(25)17(24)12-15/h9-12,14,18,29H,2-8,13,25H2,1H3,(H2,26,27,28)/t18-/m0/s1. The second kappa shape index (κ2) is 12.6. The van der Waals surface area contributed by atoms with Crippen LogP contribution in [0, 0.1) is 0 Å². The molecule has 5 N–H and O–H groups in total. The Morgan fingerprint density at radius 1 is 1.31 bits per heavy atom. The molecule has 36 heavy (non-hydrogen) atoms. The number of nitrogens with zero attached hydrogens (tertiary/aromatic N) is 2. The summed E-state index contributed by atoms with van der Waals surface area (Å²) in [5, 5.41) is 3.02. The van der Waals surface area contributed by atoms with Crippen molar-refractivity contribution in [2.45, 2.75) is 56.0 Å². The number of aromatic amines is 1. The molecule has 0 radical (unpaired) electrons. The Balaban J connectivity index is 1.81. The van der Waals surface area contributed by atoms with E-state index in [1.165, 1.54) is 17.0 Å². The van der Waals surface area contributed by atoms with Gasteiger partial charge < -0.3 is 25.7 Å². The number of imidazole rings is 1. The summed E-state index contributed by atoms with van der Waals surface area (Å²) in [6, 6.07) is 1.05. The SMILES string of the molecule is CCOC(=O)CN(C(=O)[C@H](CCCNc1ncc[nH]1)NS(=O)(=O)c1cc(Cl)c(N)c(Cl)c1)C1CCC1. The van der Waals surface area contributed by atoms with Gasteiger partial charge in [-0.05, 0) is 51.2 Å². The molecule has 1 aromatic carbocycles. The molecule has 1 aliphatic rings. The molecular formula is C22H30Cl2N6O5S. The molecule has 0 bridgehead atoms. The minimum Gasteiger partial charge on any atom is -0.465 e. The number of sulfonamides is 1. The number of esters is 1. The molecule has 1 fully saturated rings. The molecule has 2 aromatic rings. The maximum absolute atomic E-state index is 13.6. The highest BCUT2D eigenvalue weighted by atomic mass is 35.5. The first-order valence-corrected chi connectivity index (χ1v) is 13.8. The first-order chi connectivity index (χ1) is 17.1. The highest BCUT2D eigenvalue weighted by Crippen LogP contribution is 2.31. The fraction of sp³-hybridized carbons (Fsp3) is 0.500. The van der Waals surface area contributed by atoms with Crippen LogP contribution in [0.15, 0.2) is 29.4 Å². The summed E-state index contributed by atoms with van der Waals surface area (Å²) in [5.41, 5.74) is 5.79. The number of H-pyrrole nitrogens is 1. The van der Waals surface area contributed by atoms with Crippen LogP contribution in [0.3, 0.4) is 0 Å². The summed E-state index contributed by atoms with van der Waals surface area (Å²) in [6.07, 6.45) is 6.23. The van der Waals surface area contributed by atoms with Crippen LogP contribution >= 0.6 is 23.2 Å². The summed E-state index contributed by atoms with van der Waals surface area (Å²) in [5.74, 6) is -0.485. The second-order valence-corrected chi connectivity index (χ2v) is 10.9. The van der Waals surface area contributed by atoms with Crippen LogP contribution in [0.1, 0.15) is 39.0 Å². The van der Waals surface area contributed by atoms with E-state index in [2.05, 4.69) is 20.0 Å². The number of aromatic nitrogens is 2. The maximum Gasteiger partial charge on any atom is 0.325 e. The van der Waals surface area contributed by atoms with Crippen molar-refractivity contribution in [2.24, 2.45) is 0 Å². The van der Waals surface area contributed by atoms with Crippen LogP contribution in [0.25, 0.3) is 0 Å². The minimum absolute atomic E-state index is 0.0215. The predicted octanol–water partition coefficient (Wildman–Crippen LogP) is 2.78. The van der Waals surface area contributed by atoms with E-state index in [1.807, 2.05) is 0 Å². The van der Waals surface area contributed by atoms with E-state index in [4.69, 9.17) is 33.7 Å². The van der Waals surface area contributed by atoms with Crippen molar-refractivity contribution in [1.82, 2.24) is 19.6 Å². The molecule has 1 atom stereocenters. The van der Waals surface area contributed by atoms with Gasteiger partial charge in [-0.15, -0.1) is 0 Å². The van der Waals surface area contributed by atoms with E-state index < -0.39 is 27.9 Å². The quantitative estimate of drug-likeness (QED) is 0.165. The molecule has 1 amide bonds. The molecule has 0 unspecified atom stereocenters. The third-order valence-corrected chi connectivity index (χ3v) is 7.90. The number of carbonyl (C=O) groups is 2. The number of nitrogen functional groups attached to an aromatic ring is 1. The minimum atomic E-state index is -4.21. The Bertz CT molecular complexity index is 1130. The molecule has 14 heteroatoms. The van der Waals surface area contributed by atoms with Gasteiger partial charge in [-0.2, -0.15) is 4.72 Å². The monoisotopic (exact) mass is 560 g/mol. The second-order valence-electron chi connectivity index (χ2n) is 8.34. The van der Waals surface area contributed by atoms with Gasteiger partial charge in [0.1, 0.15) is 12.6 Å². The first-order valence-electron chi connectivity index (χ1n) is 11.6. The number of nitrogens with one attached hydrogen (secondary N) is 3. The van der Waals surface area contributed by atoms with Crippen molar-refractivity contribution in [3.05, 3.63) is 34.6 Å². The zero-order valence-corrected chi connectivity index (χ0v) is 22.1. The highest BCUT2D eigenvalue weighted by molar-refractivity contribution is 7.89. The third kappa shape index (κ3) is 7.25. The Morgan fingerprint density at radius 2 is 2.00 bits per heavy atom. The number of benzene rings is 1. The summed E-state index contributed by atoms with van der Waals surface area (Å²) < 4.78 is 34.0. The Morgan fingerprint density at radius 3 is 2.56 bits per heavy atom. The van der Waals surface area contributed by atoms with Gasteiger partial charge in [0, 0.05) is 25.0 Å². The zero-order chi connectivity index (χ0) is 26.3. The molecule has 1 aromatic heterocycles. The Labute approximate surface area is 220 Å². The highest BCUT2D eigenvalue weighted by Gasteiger charge is 2.36. The summed E-state index contributed by atoms with van der Waals surface area (Å²) in [4.78, 5) is 34.0. The number of rotatable bonds is 13. The van der Waals surface area contributed by atoms with Crippen molar-refractivity contribution in [1.29, 1.82) is 0 Å². The molecule has 0 spiro atoms. The molecule has 1 aliphatic carbocycles. The molecule has 0 aliphatic heterocycles. The fourth-order valence-corrected chi connectivity index (χ4v) is 5.60. The number of halogens is 2. The van der Waals surface area contributed by atoms with Crippen LogP contribution in [-0.2, 0) is 24.3 Å². The lowest BCUT2D eigenvalue weighted by atomic mass is 9.90. The molecular weight excluding hydrogens is 531 g/mol. The van der Waals surface area contributed by atoms with Crippen LogP contribution in [0.2, 0.25) is 10.0 Å². The topological polar surface area (TPSA) is 160 Å². The number of ether oxygens (including phenoxy) is 1. The molecule has 1 saturated carbocycles. The van der Waals surface area contributed by atoms with Gasteiger partial charge in [0.05, 0.1) is 27.2 Å². The molecule has 11 nitrogen and oxygen atoms in total. The normalized spacial score (nSPS) is 14.6. The molecule has 0 saturated heterocycles. The lowest BCUT2D eigenvalue weighted by Crippen LogP contribution is -2.55. The zero-order valence-electron chi connectivity index (χ0n) is 19.8. The number of hydrogen-bond donors (Lipinski definition) is 4. The van der Waals surface area contributed by atoms with Crippen molar-refractivity contribution >= 4 is 56.7 Å². The van der Waals surface area contributed by atoms with Gasteiger partial charge >= 0.3 is 5.97 Å². The first kappa shape index (κ1) is 28.0. The summed E-state index contributed by atoms with van der Waals surface area (Å²) >= 11 is 12.1. The average molecular weight is 561 g/mol. The molecule has 1 heterocycles. The van der Waals surface area contributed by atoms with Crippen molar-refractivity contribution in [2.75, 3.05) is 30.7 Å². The van der Waals surface area contributed by atoms with Gasteiger partial charge in [-0.3, -0.25) is 9.59 Å². The number of hydrogen-bond acceptors (Lipinski definition) is 8. The van der Waals surface area contributed by atoms with Gasteiger partial charge in [0.25, 0.3) is 0 Å². The van der Waals surface area contributed by atoms with Crippen LogP contribution in [0.4, 0.5) is 11.6 Å². The number of carbonyl (C=O) groups excluding carboxylic acids is 2. The number of nitrogens with two attached hydrogens (primary N) is 1. The lowest BCUT2D eigenvalue weighted by molar-refractivity contribution is -0.152. The van der Waals surface area contributed by atoms with Crippen molar-refractivity contribution in [3.63, 3.8) is 0 Å². The predicted molar refractivity (Wildman–Crippen MR) is 137 cm³/mol. The van der Waals surface area contributed by atoms with Gasteiger partial charge in [0.2, 0.25) is 15.9 Å². The smallest absolute Gasteiger partial charge is 0.325 e. The van der Waals surface area contributed by atoms with Crippen molar-refractivity contribution < 1.29 is 22.7 Å². The van der Waals surface area contributed by atoms with E-state index in [0.717, 1.165) is 19.3 Å². The summed E-state index contributed by atoms with van der Waals surface area (Å²) in [6.45, 7) is 2.04. The molecule has 198 valence electrons. The van der Waals surface area contributed by atoms with E-state index >= 15 is 0 Å². The maximum atomic E-state index is 13.6. The van der Waals surface area contributed by atoms with Crippen molar-refractivity contribution in [3.8, 4) is 0 Å². The van der Waals surface area contributed by atoms with E-state index in [-0.39, 0.29) is 46.2 Å². The summed E-state index contributed by atoms with van der Waals surface area (Å²) in [7, 11) is -4.21. The van der Waals surface area contributed by atoms with Crippen LogP contribution in [0.5, 0.6) is 0 Å². The Kier molecular flexibility index (Phi) is 9.83. The van der Waals surface area contributed by atoms with E-state index in [9.17, 15) is 18.0 Å². The lowest BCUT2D eigenvalue weighted by Gasteiger charge is -2.38. The van der Waals surface area contributed by atoms with Gasteiger partial charge in [0.15, 0.2) is 5.95 Å². The van der Waals surface area contributed by atoms with E-state index in [0.29, 0.717) is 18.9 Å². The van der Waals surface area contributed by atoms with Crippen LogP contribution < -0.4 is 15.8 Å². The molecule has 3 rings (SSSR count). The third-order valence-electron chi connectivity index (χ3n) is 5.82. The van der Waals surface area contributed by atoms with Crippen LogP contribution in [-0.4, -0.2) is 66.9 Å². The van der Waals surface area contributed by atoms with E-state index in [1.54, 1.807) is 19.3 Å². The Hall–Kier alpha value is -2.54. The largest absolute Gasteiger partial charge is 0.465 e. The van der Waals surface area contributed by atoms with Gasteiger partial charge in [-0.1, -0.05) is 23.2 Å². The number of amides is 1. The average Bonchev–Trinajstić information content (AvgIpc) is 3.30. The fourth-order valence-electron chi connectivity index (χ4n) is 3.71. The number of anilines is 2.